The van der Waals surface area contributed by atoms with Gasteiger partial charge in [0.05, 0.1) is 0 Å². The van der Waals surface area contributed by atoms with Gasteiger partial charge in [-0.15, -0.1) is 0 Å². The van der Waals surface area contributed by atoms with Gasteiger partial charge in [-0.05, 0) is 38.2 Å². The highest BCUT2D eigenvalue weighted by Crippen LogP contribution is 2.21. The molecular weight excluding hydrogens is 278 g/mol. The number of nitrogens with zero attached hydrogens (tertiary/aromatic N) is 2. The first-order valence-electron chi connectivity index (χ1n) is 6.95. The van der Waals surface area contributed by atoms with E-state index in [2.05, 4.69) is 36.1 Å². The van der Waals surface area contributed by atoms with Gasteiger partial charge in [0.2, 0.25) is 0 Å². The van der Waals surface area contributed by atoms with Crippen molar-refractivity contribution in [2.24, 2.45) is 0 Å². The Morgan fingerprint density at radius 1 is 1.32 bits per heavy atom. The smallest absolute Gasteiger partial charge is 0.137 e. The van der Waals surface area contributed by atoms with Crippen molar-refractivity contribution in [1.82, 2.24) is 9.97 Å². The fourth-order valence-electron chi connectivity index (χ4n) is 1.72. The summed E-state index contributed by atoms with van der Waals surface area (Å²) in [5, 5.41) is 4.03. The Morgan fingerprint density at radius 3 is 2.68 bits per heavy atom. The SMILES string of the molecule is CCCc1nc(Cl)c(C)c(NC(C)CCSCC)n1. The molecule has 0 aliphatic carbocycles. The molecule has 1 rings (SSSR count). The van der Waals surface area contributed by atoms with Crippen LogP contribution in [0.4, 0.5) is 5.82 Å². The van der Waals surface area contributed by atoms with Crippen LogP contribution < -0.4 is 5.32 Å². The average molecular weight is 302 g/mol. The second-order valence-corrected chi connectivity index (χ2v) is 6.44. The molecule has 0 amide bonds. The Bertz CT molecular complexity index is 399. The summed E-state index contributed by atoms with van der Waals surface area (Å²) in [6.45, 7) is 8.46. The molecule has 0 saturated heterocycles. The predicted octanol–water partition coefficient (Wildman–Crippen LogP) is 4.33. The molecule has 19 heavy (non-hydrogen) atoms. The average Bonchev–Trinajstić information content (AvgIpc) is 2.36. The first-order chi connectivity index (χ1) is 9.08. The van der Waals surface area contributed by atoms with Gasteiger partial charge >= 0.3 is 0 Å². The summed E-state index contributed by atoms with van der Waals surface area (Å²) in [5.41, 5.74) is 0.941. The van der Waals surface area contributed by atoms with Crippen molar-refractivity contribution >= 4 is 29.2 Å². The molecule has 1 unspecified atom stereocenters. The van der Waals surface area contributed by atoms with Gasteiger partial charge in [-0.1, -0.05) is 25.4 Å². The molecule has 0 bridgehead atoms. The first-order valence-corrected chi connectivity index (χ1v) is 8.49. The van der Waals surface area contributed by atoms with Gasteiger partial charge in [0, 0.05) is 18.0 Å². The number of hydrogen-bond donors (Lipinski definition) is 1. The van der Waals surface area contributed by atoms with Crippen molar-refractivity contribution in [1.29, 1.82) is 0 Å². The van der Waals surface area contributed by atoms with Crippen molar-refractivity contribution < 1.29 is 0 Å². The minimum absolute atomic E-state index is 0.401. The molecule has 108 valence electrons. The van der Waals surface area contributed by atoms with Crippen LogP contribution in [0.2, 0.25) is 5.15 Å². The molecule has 0 aliphatic rings. The Morgan fingerprint density at radius 2 is 2.05 bits per heavy atom. The summed E-state index contributed by atoms with van der Waals surface area (Å²) < 4.78 is 0. The second-order valence-electron chi connectivity index (χ2n) is 4.69. The molecule has 0 aliphatic heterocycles. The lowest BCUT2D eigenvalue weighted by Gasteiger charge is -2.17. The van der Waals surface area contributed by atoms with Crippen LogP contribution >= 0.6 is 23.4 Å². The summed E-state index contributed by atoms with van der Waals surface area (Å²) in [5.74, 6) is 4.06. The van der Waals surface area contributed by atoms with Crippen LogP contribution in [0.3, 0.4) is 0 Å². The van der Waals surface area contributed by atoms with E-state index in [1.807, 2.05) is 18.7 Å². The van der Waals surface area contributed by atoms with E-state index in [0.29, 0.717) is 11.2 Å². The highest BCUT2D eigenvalue weighted by atomic mass is 35.5. The molecule has 5 heteroatoms. The lowest BCUT2D eigenvalue weighted by molar-refractivity contribution is 0.756. The maximum absolute atomic E-state index is 6.17. The topological polar surface area (TPSA) is 37.8 Å². The van der Waals surface area contributed by atoms with Crippen LogP contribution in [-0.4, -0.2) is 27.5 Å². The van der Waals surface area contributed by atoms with E-state index < -0.39 is 0 Å². The van der Waals surface area contributed by atoms with Crippen molar-refractivity contribution in [3.63, 3.8) is 0 Å². The Balaban J connectivity index is 2.70. The Kier molecular flexibility index (Phi) is 7.54. The van der Waals surface area contributed by atoms with E-state index in [4.69, 9.17) is 11.6 Å². The Labute approximate surface area is 125 Å². The molecule has 0 radical (unpaired) electrons. The number of rotatable bonds is 8. The molecule has 0 spiro atoms. The quantitative estimate of drug-likeness (QED) is 0.573. The van der Waals surface area contributed by atoms with Crippen molar-refractivity contribution in [2.45, 2.75) is 53.0 Å². The zero-order valence-corrected chi connectivity index (χ0v) is 13.9. The van der Waals surface area contributed by atoms with E-state index in [9.17, 15) is 0 Å². The van der Waals surface area contributed by atoms with Gasteiger partial charge in [0.1, 0.15) is 16.8 Å². The van der Waals surface area contributed by atoms with Crippen LogP contribution in [0.15, 0.2) is 0 Å². The number of hydrogen-bond acceptors (Lipinski definition) is 4. The van der Waals surface area contributed by atoms with Gasteiger partial charge in [0.15, 0.2) is 0 Å². The minimum Gasteiger partial charge on any atom is -0.367 e. The molecule has 0 saturated carbocycles. The highest BCUT2D eigenvalue weighted by molar-refractivity contribution is 7.99. The van der Waals surface area contributed by atoms with Gasteiger partial charge in [-0.3, -0.25) is 0 Å². The molecule has 0 fully saturated rings. The van der Waals surface area contributed by atoms with Crippen LogP contribution in [0.1, 0.15) is 45.0 Å². The maximum Gasteiger partial charge on any atom is 0.137 e. The number of anilines is 1. The standard InChI is InChI=1S/C14H24ClN3S/c1-5-7-12-17-13(15)11(4)14(18-12)16-10(3)8-9-19-6-2/h10H,5-9H2,1-4H3,(H,16,17,18). The van der Waals surface area contributed by atoms with Crippen molar-refractivity contribution in [3.8, 4) is 0 Å². The number of thioether (sulfide) groups is 1. The lowest BCUT2D eigenvalue weighted by atomic mass is 10.2. The van der Waals surface area contributed by atoms with Crippen LogP contribution in [-0.2, 0) is 6.42 Å². The van der Waals surface area contributed by atoms with E-state index in [0.717, 1.165) is 36.5 Å². The van der Waals surface area contributed by atoms with E-state index in [1.165, 1.54) is 11.5 Å². The summed E-state index contributed by atoms with van der Waals surface area (Å²) in [6.07, 6.45) is 3.03. The molecular formula is C14H24ClN3S. The van der Waals surface area contributed by atoms with Crippen molar-refractivity contribution in [3.05, 3.63) is 16.5 Å². The third kappa shape index (κ3) is 5.57. The molecule has 1 aromatic heterocycles. The highest BCUT2D eigenvalue weighted by Gasteiger charge is 2.11. The monoisotopic (exact) mass is 301 g/mol. The predicted molar refractivity (Wildman–Crippen MR) is 86.5 cm³/mol. The minimum atomic E-state index is 0.401. The molecule has 1 aromatic rings. The summed E-state index contributed by atoms with van der Waals surface area (Å²) >= 11 is 8.14. The zero-order valence-electron chi connectivity index (χ0n) is 12.3. The second kappa shape index (κ2) is 8.64. The molecule has 3 nitrogen and oxygen atoms in total. The maximum atomic E-state index is 6.17. The molecule has 1 heterocycles. The third-order valence-electron chi connectivity index (χ3n) is 2.89. The summed E-state index contributed by atoms with van der Waals surface area (Å²) in [7, 11) is 0. The van der Waals surface area contributed by atoms with E-state index in [1.54, 1.807) is 0 Å². The fourth-order valence-corrected chi connectivity index (χ4v) is 2.71. The van der Waals surface area contributed by atoms with Crippen LogP contribution in [0.25, 0.3) is 0 Å². The van der Waals surface area contributed by atoms with Gasteiger partial charge in [-0.25, -0.2) is 9.97 Å². The zero-order chi connectivity index (χ0) is 14.3. The van der Waals surface area contributed by atoms with Crippen molar-refractivity contribution in [2.75, 3.05) is 16.8 Å². The van der Waals surface area contributed by atoms with Gasteiger partial charge in [-0.2, -0.15) is 11.8 Å². The van der Waals surface area contributed by atoms with E-state index in [-0.39, 0.29) is 0 Å². The van der Waals surface area contributed by atoms with Gasteiger partial charge in [0.25, 0.3) is 0 Å². The number of aromatic nitrogens is 2. The first kappa shape index (κ1) is 16.6. The number of nitrogens with one attached hydrogen (secondary N) is 1. The van der Waals surface area contributed by atoms with Crippen LogP contribution in [0.5, 0.6) is 0 Å². The summed E-state index contributed by atoms with van der Waals surface area (Å²) in [4.78, 5) is 8.89. The summed E-state index contributed by atoms with van der Waals surface area (Å²) in [6, 6.07) is 0.401. The molecule has 0 aromatic carbocycles. The van der Waals surface area contributed by atoms with E-state index >= 15 is 0 Å². The fraction of sp³-hybridized carbons (Fsp3) is 0.714. The number of halogens is 1. The number of aryl methyl sites for hydroxylation is 1. The van der Waals surface area contributed by atoms with Gasteiger partial charge < -0.3 is 5.32 Å². The lowest BCUT2D eigenvalue weighted by Crippen LogP contribution is -2.18. The normalized spacial score (nSPS) is 12.5. The largest absolute Gasteiger partial charge is 0.367 e. The van der Waals surface area contributed by atoms with Crippen LogP contribution in [0, 0.1) is 6.92 Å². The third-order valence-corrected chi connectivity index (χ3v) is 4.19. The molecule has 1 atom stereocenters. The Hall–Kier alpha value is -0.480. The molecule has 1 N–H and O–H groups in total.